The molecule has 0 aliphatic carbocycles. The first kappa shape index (κ1) is 13.9. The molecule has 22 heavy (non-hydrogen) atoms. The molecular formula is C15H13N3O4. The quantitative estimate of drug-likeness (QED) is 0.779. The predicted octanol–water partition coefficient (Wildman–Crippen LogP) is 2.66. The molecule has 7 nitrogen and oxygen atoms in total. The molecule has 0 fully saturated rings. The molecule has 0 spiro atoms. The number of rotatable bonds is 5. The fourth-order valence-corrected chi connectivity index (χ4v) is 1.81. The van der Waals surface area contributed by atoms with Crippen LogP contribution in [0.15, 0.2) is 57.8 Å². The number of carbonyl (C=O) groups excluding carboxylic acids is 1. The minimum atomic E-state index is -0.602. The highest BCUT2D eigenvalue weighted by atomic mass is 16.6. The van der Waals surface area contributed by atoms with Crippen molar-refractivity contribution in [3.8, 4) is 17.4 Å². The lowest BCUT2D eigenvalue weighted by Gasteiger charge is -2.03. The van der Waals surface area contributed by atoms with Crippen LogP contribution < -0.4 is 10.1 Å². The molecule has 0 atom stereocenters. The van der Waals surface area contributed by atoms with E-state index in [2.05, 4.69) is 15.5 Å². The van der Waals surface area contributed by atoms with Crippen molar-refractivity contribution in [1.82, 2.24) is 15.5 Å². The lowest BCUT2D eigenvalue weighted by atomic mass is 10.3. The Morgan fingerprint density at radius 3 is 2.95 bits per heavy atom. The van der Waals surface area contributed by atoms with Crippen LogP contribution in [0, 0.1) is 0 Å². The number of pyridine rings is 1. The molecule has 0 bridgehead atoms. The molecule has 3 rings (SSSR count). The van der Waals surface area contributed by atoms with E-state index < -0.39 is 6.09 Å². The van der Waals surface area contributed by atoms with Gasteiger partial charge in [0.15, 0.2) is 5.76 Å². The smallest absolute Gasteiger partial charge is 0.414 e. The van der Waals surface area contributed by atoms with Gasteiger partial charge in [0.2, 0.25) is 5.76 Å². The van der Waals surface area contributed by atoms with Gasteiger partial charge in [-0.05, 0) is 29.4 Å². The van der Waals surface area contributed by atoms with E-state index in [1.807, 2.05) is 18.2 Å². The molecule has 0 radical (unpaired) electrons. The number of amides is 1. The van der Waals surface area contributed by atoms with Crippen LogP contribution in [0.5, 0.6) is 5.88 Å². The molecule has 3 aromatic heterocycles. The van der Waals surface area contributed by atoms with Crippen LogP contribution >= 0.6 is 0 Å². The lowest BCUT2D eigenvalue weighted by molar-refractivity contribution is 0.196. The molecule has 0 aromatic carbocycles. The zero-order chi connectivity index (χ0) is 15.2. The maximum Gasteiger partial charge on any atom is 0.414 e. The molecule has 3 heterocycles. The van der Waals surface area contributed by atoms with Gasteiger partial charge in [-0.2, -0.15) is 0 Å². The van der Waals surface area contributed by atoms with Gasteiger partial charge >= 0.3 is 6.09 Å². The average molecular weight is 299 g/mol. The summed E-state index contributed by atoms with van der Waals surface area (Å²) in [5.41, 5.74) is 0.893. The summed E-state index contributed by atoms with van der Waals surface area (Å²) in [6.07, 6.45) is 3.24. The third-order valence-corrected chi connectivity index (χ3v) is 2.83. The normalized spacial score (nSPS) is 10.4. The summed E-state index contributed by atoms with van der Waals surface area (Å²) >= 11 is 0. The second-order valence-electron chi connectivity index (χ2n) is 4.39. The Hall–Kier alpha value is -3.09. The number of nitrogens with one attached hydrogen (secondary N) is 1. The number of ether oxygens (including phenoxy) is 1. The second-order valence-corrected chi connectivity index (χ2v) is 4.39. The molecule has 0 unspecified atom stereocenters. The van der Waals surface area contributed by atoms with E-state index in [4.69, 9.17) is 13.7 Å². The Balaban J connectivity index is 1.48. The van der Waals surface area contributed by atoms with Crippen molar-refractivity contribution in [3.05, 3.63) is 54.6 Å². The monoisotopic (exact) mass is 299 g/mol. The molecule has 7 heteroatoms. The third-order valence-electron chi connectivity index (χ3n) is 2.83. The van der Waals surface area contributed by atoms with Gasteiger partial charge in [-0.25, -0.2) is 4.79 Å². The standard InChI is InChI=1S/C15H13N3O4/c19-15(17-8-6-11-4-1-2-7-16-11)21-14-10-13(22-18-14)12-5-3-9-20-12/h1-5,7,9-10H,6,8H2,(H,17,19). The summed E-state index contributed by atoms with van der Waals surface area (Å²) in [4.78, 5) is 15.8. The van der Waals surface area contributed by atoms with E-state index >= 15 is 0 Å². The largest absolute Gasteiger partial charge is 0.461 e. The van der Waals surface area contributed by atoms with E-state index in [1.165, 1.54) is 12.3 Å². The summed E-state index contributed by atoms with van der Waals surface area (Å²) in [5.74, 6) is 0.973. The summed E-state index contributed by atoms with van der Waals surface area (Å²) in [5, 5.41) is 6.27. The van der Waals surface area contributed by atoms with Crippen LogP contribution in [-0.4, -0.2) is 22.8 Å². The first-order valence-electron chi connectivity index (χ1n) is 6.67. The number of nitrogens with zero attached hydrogens (tertiary/aromatic N) is 2. The van der Waals surface area contributed by atoms with E-state index in [0.717, 1.165) is 5.69 Å². The molecule has 3 aromatic rings. The second kappa shape index (κ2) is 6.57. The highest BCUT2D eigenvalue weighted by molar-refractivity contribution is 5.70. The fraction of sp³-hybridized carbons (Fsp3) is 0.133. The van der Waals surface area contributed by atoms with Crippen molar-refractivity contribution in [2.24, 2.45) is 0 Å². The summed E-state index contributed by atoms with van der Waals surface area (Å²) < 4.78 is 15.2. The summed E-state index contributed by atoms with van der Waals surface area (Å²) in [7, 11) is 0. The van der Waals surface area contributed by atoms with Crippen molar-refractivity contribution in [1.29, 1.82) is 0 Å². The molecule has 0 aliphatic rings. The third kappa shape index (κ3) is 3.51. The molecule has 1 amide bonds. The SMILES string of the molecule is O=C(NCCc1ccccn1)Oc1cc(-c2ccco2)on1. The Morgan fingerprint density at radius 1 is 1.23 bits per heavy atom. The van der Waals surface area contributed by atoms with Crippen molar-refractivity contribution in [3.63, 3.8) is 0 Å². The van der Waals surface area contributed by atoms with Gasteiger partial charge in [0.1, 0.15) is 0 Å². The van der Waals surface area contributed by atoms with Crippen molar-refractivity contribution >= 4 is 6.09 Å². The highest BCUT2D eigenvalue weighted by Gasteiger charge is 2.12. The molecule has 112 valence electrons. The Morgan fingerprint density at radius 2 is 2.18 bits per heavy atom. The van der Waals surface area contributed by atoms with Crippen LogP contribution in [0.1, 0.15) is 5.69 Å². The molecule has 1 N–H and O–H groups in total. The van der Waals surface area contributed by atoms with Crippen LogP contribution in [0.4, 0.5) is 4.79 Å². The number of furan rings is 1. The van der Waals surface area contributed by atoms with Crippen LogP contribution in [0.3, 0.4) is 0 Å². The topological polar surface area (TPSA) is 90.4 Å². The van der Waals surface area contributed by atoms with Gasteiger partial charge in [-0.1, -0.05) is 6.07 Å². The first-order valence-corrected chi connectivity index (χ1v) is 6.67. The lowest BCUT2D eigenvalue weighted by Crippen LogP contribution is -2.29. The van der Waals surface area contributed by atoms with E-state index in [-0.39, 0.29) is 5.88 Å². The maximum absolute atomic E-state index is 11.6. The number of carbonyl (C=O) groups is 1. The first-order chi connectivity index (χ1) is 10.8. The molecule has 0 aliphatic heterocycles. The van der Waals surface area contributed by atoms with E-state index in [9.17, 15) is 4.79 Å². The number of hydrogen-bond acceptors (Lipinski definition) is 6. The van der Waals surface area contributed by atoms with Crippen LogP contribution in [0.25, 0.3) is 11.5 Å². The highest BCUT2D eigenvalue weighted by Crippen LogP contribution is 2.23. The number of aromatic nitrogens is 2. The Kier molecular flexibility index (Phi) is 4.15. The zero-order valence-electron chi connectivity index (χ0n) is 11.6. The predicted molar refractivity (Wildman–Crippen MR) is 76.2 cm³/mol. The Bertz CT molecular complexity index is 722. The number of hydrogen-bond donors (Lipinski definition) is 1. The summed E-state index contributed by atoms with van der Waals surface area (Å²) in [6, 6.07) is 10.6. The molecule has 0 saturated carbocycles. The molecule has 0 saturated heterocycles. The van der Waals surface area contributed by atoms with Gasteiger partial charge in [0, 0.05) is 24.9 Å². The minimum absolute atomic E-state index is 0.0711. The van der Waals surface area contributed by atoms with Gasteiger partial charge in [-0.15, -0.1) is 0 Å². The fourth-order valence-electron chi connectivity index (χ4n) is 1.81. The zero-order valence-corrected chi connectivity index (χ0v) is 11.6. The maximum atomic E-state index is 11.6. The minimum Gasteiger partial charge on any atom is -0.461 e. The van der Waals surface area contributed by atoms with E-state index in [0.29, 0.717) is 24.5 Å². The van der Waals surface area contributed by atoms with Crippen LogP contribution in [-0.2, 0) is 6.42 Å². The van der Waals surface area contributed by atoms with Crippen molar-refractivity contribution < 1.29 is 18.5 Å². The van der Waals surface area contributed by atoms with Crippen molar-refractivity contribution in [2.45, 2.75) is 6.42 Å². The Labute approximate surface area is 125 Å². The van der Waals surface area contributed by atoms with Gasteiger partial charge in [0.25, 0.3) is 5.88 Å². The average Bonchev–Trinajstić information content (AvgIpc) is 3.19. The van der Waals surface area contributed by atoms with Gasteiger partial charge in [0.05, 0.1) is 12.3 Å². The van der Waals surface area contributed by atoms with Crippen molar-refractivity contribution in [2.75, 3.05) is 6.54 Å². The van der Waals surface area contributed by atoms with Crippen LogP contribution in [0.2, 0.25) is 0 Å². The summed E-state index contributed by atoms with van der Waals surface area (Å²) in [6.45, 7) is 0.415. The van der Waals surface area contributed by atoms with Gasteiger partial charge in [-0.3, -0.25) is 4.98 Å². The van der Waals surface area contributed by atoms with E-state index in [1.54, 1.807) is 18.3 Å². The van der Waals surface area contributed by atoms with Gasteiger partial charge < -0.3 is 19.0 Å². The molecular weight excluding hydrogens is 286 g/mol.